The van der Waals surface area contributed by atoms with Crippen molar-refractivity contribution in [3.05, 3.63) is 65.9 Å². The first-order valence-corrected chi connectivity index (χ1v) is 11.6. The third-order valence-electron chi connectivity index (χ3n) is 6.75. The Morgan fingerprint density at radius 3 is 2.89 bits per heavy atom. The van der Waals surface area contributed by atoms with Crippen molar-refractivity contribution in [3.8, 4) is 29.1 Å². The number of nitrogens with zero attached hydrogens (tertiary/aromatic N) is 2. The maximum Gasteiger partial charge on any atom is 0.251 e. The summed E-state index contributed by atoms with van der Waals surface area (Å²) in [6.45, 7) is 0.914. The van der Waals surface area contributed by atoms with Crippen molar-refractivity contribution in [1.29, 1.82) is 5.26 Å². The summed E-state index contributed by atoms with van der Waals surface area (Å²) >= 11 is 0. The van der Waals surface area contributed by atoms with Gasteiger partial charge in [0.1, 0.15) is 18.1 Å². The molecule has 174 valence electrons. The lowest BCUT2D eigenvalue weighted by atomic mass is 10.0. The second kappa shape index (κ2) is 8.17. The third kappa shape index (κ3) is 3.68. The van der Waals surface area contributed by atoms with Gasteiger partial charge in [0.2, 0.25) is 0 Å². The minimum absolute atomic E-state index is 0.125. The monoisotopic (exact) mass is 465 g/mol. The van der Waals surface area contributed by atoms with Gasteiger partial charge in [-0.05, 0) is 53.9 Å². The Hall–Kier alpha value is -4.31. The number of rotatable bonds is 6. The first kappa shape index (κ1) is 21.2. The van der Waals surface area contributed by atoms with Gasteiger partial charge < -0.3 is 19.5 Å². The summed E-state index contributed by atoms with van der Waals surface area (Å²) in [5.41, 5.74) is 2.01. The van der Waals surface area contributed by atoms with E-state index < -0.39 is 0 Å². The molecule has 6 rings (SSSR count). The lowest BCUT2D eigenvalue weighted by molar-refractivity contribution is 0.0964. The van der Waals surface area contributed by atoms with Crippen LogP contribution >= 0.6 is 0 Å². The molecule has 1 N–H and O–H groups in total. The van der Waals surface area contributed by atoms with Crippen molar-refractivity contribution in [2.75, 3.05) is 20.3 Å². The standard InChI is InChI=1S/C28H23N3O4/c1-30-27(32)20-4-2-3-17-13-18(5-6-19(17)20)35-23-7-11-31-22-14-24(34-16-28(15-29)9-10-28)26-21(25(22)23)8-12-33-26/h2-7,11,13-14H,8-10,12,16H2,1H3,(H,30,32). The van der Waals surface area contributed by atoms with E-state index in [2.05, 4.69) is 16.4 Å². The van der Waals surface area contributed by atoms with Crippen LogP contribution in [-0.4, -0.2) is 31.2 Å². The Morgan fingerprint density at radius 2 is 2.09 bits per heavy atom. The van der Waals surface area contributed by atoms with Gasteiger partial charge in [0, 0.05) is 36.9 Å². The van der Waals surface area contributed by atoms with Gasteiger partial charge in [-0.15, -0.1) is 0 Å². The van der Waals surface area contributed by atoms with E-state index in [0.29, 0.717) is 41.8 Å². The van der Waals surface area contributed by atoms with Crippen LogP contribution in [0.15, 0.2) is 54.7 Å². The molecule has 0 saturated heterocycles. The quantitative estimate of drug-likeness (QED) is 0.423. The molecule has 0 spiro atoms. The molecule has 1 aliphatic carbocycles. The van der Waals surface area contributed by atoms with Crippen LogP contribution in [0.25, 0.3) is 21.7 Å². The number of pyridine rings is 1. The Labute approximate surface area is 202 Å². The number of ether oxygens (including phenoxy) is 3. The number of fused-ring (bicyclic) bond motifs is 4. The van der Waals surface area contributed by atoms with Gasteiger partial charge in [-0.2, -0.15) is 5.26 Å². The van der Waals surface area contributed by atoms with Crippen molar-refractivity contribution < 1.29 is 19.0 Å². The summed E-state index contributed by atoms with van der Waals surface area (Å²) in [6, 6.07) is 17.4. The lowest BCUT2D eigenvalue weighted by Crippen LogP contribution is -2.17. The summed E-state index contributed by atoms with van der Waals surface area (Å²) in [6.07, 6.45) is 4.17. The summed E-state index contributed by atoms with van der Waals surface area (Å²) in [4.78, 5) is 16.8. The van der Waals surface area contributed by atoms with Gasteiger partial charge in [-0.1, -0.05) is 12.1 Å². The van der Waals surface area contributed by atoms with Crippen molar-refractivity contribution in [3.63, 3.8) is 0 Å². The highest BCUT2D eigenvalue weighted by molar-refractivity contribution is 6.07. The van der Waals surface area contributed by atoms with Crippen LogP contribution in [0.2, 0.25) is 0 Å². The zero-order valence-corrected chi connectivity index (χ0v) is 19.3. The first-order chi connectivity index (χ1) is 17.1. The number of amides is 1. The van der Waals surface area contributed by atoms with Gasteiger partial charge in [-0.3, -0.25) is 9.78 Å². The summed E-state index contributed by atoms with van der Waals surface area (Å²) in [5, 5.41) is 14.7. The molecule has 1 fully saturated rings. The molecule has 1 amide bonds. The number of nitrogens with one attached hydrogen (secondary N) is 1. The van der Waals surface area contributed by atoms with E-state index in [1.54, 1.807) is 13.2 Å². The fraction of sp³-hybridized carbons (Fsp3) is 0.250. The largest absolute Gasteiger partial charge is 0.489 e. The predicted octanol–water partition coefficient (Wildman–Crippen LogP) is 5.16. The van der Waals surface area contributed by atoms with E-state index in [9.17, 15) is 10.1 Å². The molecule has 0 radical (unpaired) electrons. The number of benzene rings is 3. The van der Waals surface area contributed by atoms with Gasteiger partial charge in [-0.25, -0.2) is 0 Å². The highest BCUT2D eigenvalue weighted by atomic mass is 16.5. The maximum atomic E-state index is 12.2. The van der Waals surface area contributed by atoms with E-state index >= 15 is 0 Å². The molecule has 2 aliphatic rings. The predicted molar refractivity (Wildman–Crippen MR) is 131 cm³/mol. The minimum Gasteiger partial charge on any atom is -0.489 e. The van der Waals surface area contributed by atoms with Crippen LogP contribution in [0.5, 0.6) is 23.0 Å². The minimum atomic E-state index is -0.368. The van der Waals surface area contributed by atoms with Crippen molar-refractivity contribution in [1.82, 2.24) is 10.3 Å². The Morgan fingerprint density at radius 1 is 1.20 bits per heavy atom. The van der Waals surface area contributed by atoms with E-state index in [4.69, 9.17) is 14.2 Å². The average Bonchev–Trinajstić information content (AvgIpc) is 3.51. The van der Waals surface area contributed by atoms with Gasteiger partial charge in [0.15, 0.2) is 11.5 Å². The number of nitriles is 1. The molecule has 3 aromatic carbocycles. The van der Waals surface area contributed by atoms with E-state index in [1.165, 1.54) is 0 Å². The second-order valence-electron chi connectivity index (χ2n) is 9.03. The average molecular weight is 466 g/mol. The van der Waals surface area contributed by atoms with Crippen molar-refractivity contribution in [2.45, 2.75) is 19.3 Å². The number of hydrogen-bond acceptors (Lipinski definition) is 6. The molecule has 7 heteroatoms. The van der Waals surface area contributed by atoms with Crippen LogP contribution in [0.1, 0.15) is 28.8 Å². The molecular weight excluding hydrogens is 442 g/mol. The molecule has 35 heavy (non-hydrogen) atoms. The Kier molecular flexibility index (Phi) is 4.96. The topological polar surface area (TPSA) is 93.5 Å². The summed E-state index contributed by atoms with van der Waals surface area (Å²) in [5.74, 6) is 2.55. The Bertz CT molecular complexity index is 1540. The molecular formula is C28H23N3O4. The van der Waals surface area contributed by atoms with Gasteiger partial charge >= 0.3 is 0 Å². The van der Waals surface area contributed by atoms with Crippen LogP contribution in [-0.2, 0) is 6.42 Å². The molecule has 0 atom stereocenters. The van der Waals surface area contributed by atoms with Crippen LogP contribution in [0.4, 0.5) is 0 Å². The summed E-state index contributed by atoms with van der Waals surface area (Å²) in [7, 11) is 1.62. The van der Waals surface area contributed by atoms with E-state index in [-0.39, 0.29) is 11.3 Å². The SMILES string of the molecule is CNC(=O)c1cccc2cc(Oc3ccnc4cc(OCC5(C#N)CC5)c5c(c34)CCO5)ccc12. The fourth-order valence-electron chi connectivity index (χ4n) is 4.61. The van der Waals surface area contributed by atoms with Crippen LogP contribution < -0.4 is 19.5 Å². The maximum absolute atomic E-state index is 12.2. The molecule has 0 bridgehead atoms. The second-order valence-corrected chi connectivity index (χ2v) is 9.03. The molecule has 1 aromatic heterocycles. The molecule has 0 unspecified atom stereocenters. The normalized spacial score (nSPS) is 15.2. The molecule has 1 saturated carbocycles. The number of aromatic nitrogens is 1. The first-order valence-electron chi connectivity index (χ1n) is 11.6. The van der Waals surface area contributed by atoms with Crippen molar-refractivity contribution in [2.24, 2.45) is 5.41 Å². The fourth-order valence-corrected chi connectivity index (χ4v) is 4.61. The van der Waals surface area contributed by atoms with Crippen LogP contribution in [0.3, 0.4) is 0 Å². The zero-order valence-electron chi connectivity index (χ0n) is 19.3. The lowest BCUT2D eigenvalue weighted by Gasteiger charge is -2.16. The van der Waals surface area contributed by atoms with E-state index in [1.807, 2.05) is 48.5 Å². The molecule has 7 nitrogen and oxygen atoms in total. The summed E-state index contributed by atoms with van der Waals surface area (Å²) < 4.78 is 18.4. The zero-order chi connectivity index (χ0) is 24.0. The molecule has 1 aliphatic heterocycles. The Balaban J connectivity index is 1.37. The van der Waals surface area contributed by atoms with Crippen LogP contribution in [0, 0.1) is 16.7 Å². The molecule has 2 heterocycles. The number of hydrogen-bond donors (Lipinski definition) is 1. The number of carbonyl (C=O) groups excluding carboxylic acids is 1. The van der Waals surface area contributed by atoms with Crippen molar-refractivity contribution >= 4 is 27.6 Å². The van der Waals surface area contributed by atoms with E-state index in [0.717, 1.165) is 46.5 Å². The third-order valence-corrected chi connectivity index (χ3v) is 6.75. The highest BCUT2D eigenvalue weighted by Gasteiger charge is 2.44. The smallest absolute Gasteiger partial charge is 0.251 e. The van der Waals surface area contributed by atoms with Gasteiger partial charge in [0.25, 0.3) is 5.91 Å². The highest BCUT2D eigenvalue weighted by Crippen LogP contribution is 2.48. The molecule has 4 aromatic rings. The number of carbonyl (C=O) groups is 1. The van der Waals surface area contributed by atoms with Gasteiger partial charge in [0.05, 0.1) is 29.0 Å².